The Morgan fingerprint density at radius 1 is 0.824 bits per heavy atom. The van der Waals surface area contributed by atoms with E-state index in [4.69, 9.17) is 21.7 Å². The van der Waals surface area contributed by atoms with Crippen LogP contribution in [0.5, 0.6) is 11.5 Å². The molecule has 0 bridgehead atoms. The monoisotopic (exact) mass is 477 g/mol. The van der Waals surface area contributed by atoms with Gasteiger partial charge in [0.05, 0.1) is 5.56 Å². The number of anilines is 1. The number of rotatable bonds is 9. The van der Waals surface area contributed by atoms with Gasteiger partial charge in [-0.15, -0.1) is 0 Å². The predicted octanol–water partition coefficient (Wildman–Crippen LogP) is 4.41. The number of hydrogen-bond acceptors (Lipinski definition) is 5. The van der Waals surface area contributed by atoms with E-state index in [1.165, 1.54) is 0 Å². The van der Waals surface area contributed by atoms with E-state index < -0.39 is 5.91 Å². The smallest absolute Gasteiger partial charge is 0.261 e. The summed E-state index contributed by atoms with van der Waals surface area (Å²) in [5.74, 6) is 0.635. The van der Waals surface area contributed by atoms with Gasteiger partial charge in [-0.2, -0.15) is 0 Å². The fourth-order valence-corrected chi connectivity index (χ4v) is 3.20. The molecule has 3 rings (SSSR count). The first kappa shape index (κ1) is 24.7. The van der Waals surface area contributed by atoms with Crippen molar-refractivity contribution in [3.63, 3.8) is 0 Å². The molecule has 2 amide bonds. The van der Waals surface area contributed by atoms with E-state index in [9.17, 15) is 9.59 Å². The summed E-state index contributed by atoms with van der Waals surface area (Å²) < 4.78 is 11.4. The number of carbonyl (C=O) groups excluding carboxylic acids is 2. The molecule has 0 aliphatic heterocycles. The number of thiocarbonyl (C=S) groups is 1. The SMILES string of the molecule is CC(C)NC(=O)c1ccc(NC(=S)NC(=O)c2ccccc2OCCOc2ccccc2)cc1. The van der Waals surface area contributed by atoms with Gasteiger partial charge in [-0.25, -0.2) is 0 Å². The molecular formula is C26H27N3O4S. The molecule has 0 saturated carbocycles. The topological polar surface area (TPSA) is 88.7 Å². The number of benzene rings is 3. The van der Waals surface area contributed by atoms with Crippen LogP contribution in [-0.4, -0.2) is 36.2 Å². The van der Waals surface area contributed by atoms with Crippen LogP contribution in [0.4, 0.5) is 5.69 Å². The van der Waals surface area contributed by atoms with E-state index in [2.05, 4.69) is 16.0 Å². The summed E-state index contributed by atoms with van der Waals surface area (Å²) in [6.45, 7) is 4.41. The third kappa shape index (κ3) is 7.60. The minimum atomic E-state index is -0.398. The Kier molecular flexibility index (Phi) is 8.99. The second kappa shape index (κ2) is 12.4. The highest BCUT2D eigenvalue weighted by molar-refractivity contribution is 7.80. The molecule has 0 aliphatic rings. The van der Waals surface area contributed by atoms with Crippen LogP contribution in [0.2, 0.25) is 0 Å². The Morgan fingerprint density at radius 2 is 1.47 bits per heavy atom. The zero-order valence-electron chi connectivity index (χ0n) is 19.0. The highest BCUT2D eigenvalue weighted by Gasteiger charge is 2.14. The Balaban J connectivity index is 1.52. The Hall–Kier alpha value is -3.91. The fourth-order valence-electron chi connectivity index (χ4n) is 2.99. The van der Waals surface area contributed by atoms with Gasteiger partial charge in [-0.3, -0.25) is 14.9 Å². The minimum absolute atomic E-state index is 0.0522. The summed E-state index contributed by atoms with van der Waals surface area (Å²) in [7, 11) is 0. The maximum absolute atomic E-state index is 12.8. The normalized spacial score (nSPS) is 10.3. The number of para-hydroxylation sites is 2. The third-order valence-electron chi connectivity index (χ3n) is 4.54. The van der Waals surface area contributed by atoms with Crippen molar-refractivity contribution in [1.29, 1.82) is 0 Å². The minimum Gasteiger partial charge on any atom is -0.490 e. The van der Waals surface area contributed by atoms with Crippen molar-refractivity contribution in [3.8, 4) is 11.5 Å². The molecule has 0 unspecified atom stereocenters. The molecule has 3 N–H and O–H groups in total. The van der Waals surface area contributed by atoms with Crippen LogP contribution in [0.3, 0.4) is 0 Å². The van der Waals surface area contributed by atoms with Crippen molar-refractivity contribution >= 4 is 34.8 Å². The maximum Gasteiger partial charge on any atom is 0.261 e. The lowest BCUT2D eigenvalue weighted by Crippen LogP contribution is -2.34. The molecule has 0 aromatic heterocycles. The van der Waals surface area contributed by atoms with Gasteiger partial charge in [0.2, 0.25) is 0 Å². The second-order valence-electron chi connectivity index (χ2n) is 7.62. The highest BCUT2D eigenvalue weighted by Crippen LogP contribution is 2.18. The van der Waals surface area contributed by atoms with Crippen LogP contribution in [0.15, 0.2) is 78.9 Å². The highest BCUT2D eigenvalue weighted by atomic mass is 32.1. The molecule has 8 heteroatoms. The average molecular weight is 478 g/mol. The van der Waals surface area contributed by atoms with Gasteiger partial charge in [-0.1, -0.05) is 30.3 Å². The molecule has 0 radical (unpaired) electrons. The summed E-state index contributed by atoms with van der Waals surface area (Å²) in [6, 6.07) is 23.2. The molecule has 3 aromatic carbocycles. The lowest BCUT2D eigenvalue weighted by molar-refractivity contribution is 0.0941. The summed E-state index contributed by atoms with van der Waals surface area (Å²) in [6.07, 6.45) is 0. The number of carbonyl (C=O) groups is 2. The van der Waals surface area contributed by atoms with Crippen LogP contribution < -0.4 is 25.4 Å². The molecule has 3 aromatic rings. The van der Waals surface area contributed by atoms with Gasteiger partial charge in [0, 0.05) is 17.3 Å². The number of hydrogen-bond donors (Lipinski definition) is 3. The summed E-state index contributed by atoms with van der Waals surface area (Å²) in [4.78, 5) is 24.8. The standard InChI is InChI=1S/C26H27N3O4S/c1-18(2)27-24(30)19-12-14-20(15-13-19)28-26(34)29-25(31)22-10-6-7-11-23(22)33-17-16-32-21-8-4-3-5-9-21/h3-15,18H,16-17H2,1-2H3,(H,27,30)(H2,28,29,31,34). The predicted molar refractivity (Wildman–Crippen MR) is 137 cm³/mol. The van der Waals surface area contributed by atoms with Crippen molar-refractivity contribution in [2.75, 3.05) is 18.5 Å². The molecule has 34 heavy (non-hydrogen) atoms. The van der Waals surface area contributed by atoms with E-state index in [1.54, 1.807) is 48.5 Å². The largest absolute Gasteiger partial charge is 0.490 e. The van der Waals surface area contributed by atoms with Crippen LogP contribution in [0.1, 0.15) is 34.6 Å². The first-order chi connectivity index (χ1) is 16.4. The van der Waals surface area contributed by atoms with Crippen molar-refractivity contribution in [2.45, 2.75) is 19.9 Å². The van der Waals surface area contributed by atoms with Gasteiger partial charge >= 0.3 is 0 Å². The molecular weight excluding hydrogens is 450 g/mol. The molecule has 0 saturated heterocycles. The van der Waals surface area contributed by atoms with Crippen molar-refractivity contribution in [3.05, 3.63) is 90.0 Å². The Labute approximate surface area is 204 Å². The molecule has 0 spiro atoms. The molecule has 0 fully saturated rings. The van der Waals surface area contributed by atoms with Crippen LogP contribution >= 0.6 is 12.2 Å². The Bertz CT molecular complexity index is 1120. The van der Waals surface area contributed by atoms with Gasteiger partial charge in [0.25, 0.3) is 11.8 Å². The number of nitrogens with one attached hydrogen (secondary N) is 3. The number of ether oxygens (including phenoxy) is 2. The zero-order valence-corrected chi connectivity index (χ0v) is 19.9. The van der Waals surface area contributed by atoms with Gasteiger partial charge in [0.1, 0.15) is 24.7 Å². The molecule has 7 nitrogen and oxygen atoms in total. The molecule has 0 heterocycles. The number of amides is 2. The quantitative estimate of drug-likeness (QED) is 0.313. The van der Waals surface area contributed by atoms with Crippen molar-refractivity contribution in [1.82, 2.24) is 10.6 Å². The van der Waals surface area contributed by atoms with Crippen molar-refractivity contribution in [2.24, 2.45) is 0 Å². The van der Waals surface area contributed by atoms with E-state index in [-0.39, 0.29) is 23.7 Å². The average Bonchev–Trinajstić information content (AvgIpc) is 2.82. The maximum atomic E-state index is 12.8. The van der Waals surface area contributed by atoms with Crippen molar-refractivity contribution < 1.29 is 19.1 Å². The summed E-state index contributed by atoms with van der Waals surface area (Å²) in [5.41, 5.74) is 1.54. The molecule has 176 valence electrons. The summed E-state index contributed by atoms with van der Waals surface area (Å²) >= 11 is 5.27. The van der Waals surface area contributed by atoms with Crippen LogP contribution in [0, 0.1) is 0 Å². The first-order valence-corrected chi connectivity index (χ1v) is 11.3. The van der Waals surface area contributed by atoms with Gasteiger partial charge in [0.15, 0.2) is 5.11 Å². The van der Waals surface area contributed by atoms with E-state index in [0.717, 1.165) is 5.75 Å². The lowest BCUT2D eigenvalue weighted by atomic mass is 10.2. The van der Waals surface area contributed by atoms with E-state index >= 15 is 0 Å². The van der Waals surface area contributed by atoms with Crippen LogP contribution in [-0.2, 0) is 0 Å². The van der Waals surface area contributed by atoms with Gasteiger partial charge < -0.3 is 20.1 Å². The molecule has 0 aliphatic carbocycles. The first-order valence-electron chi connectivity index (χ1n) is 10.9. The van der Waals surface area contributed by atoms with Crippen LogP contribution in [0.25, 0.3) is 0 Å². The van der Waals surface area contributed by atoms with E-state index in [1.807, 2.05) is 44.2 Å². The van der Waals surface area contributed by atoms with E-state index in [0.29, 0.717) is 29.2 Å². The third-order valence-corrected chi connectivity index (χ3v) is 4.74. The fraction of sp³-hybridized carbons (Fsp3) is 0.192. The summed E-state index contributed by atoms with van der Waals surface area (Å²) in [5, 5.41) is 8.57. The second-order valence-corrected chi connectivity index (χ2v) is 8.03. The lowest BCUT2D eigenvalue weighted by Gasteiger charge is -2.14. The van der Waals surface area contributed by atoms with Gasteiger partial charge in [-0.05, 0) is 74.6 Å². The zero-order chi connectivity index (χ0) is 24.3. The Morgan fingerprint density at radius 3 is 2.18 bits per heavy atom. The molecule has 0 atom stereocenters.